The predicted octanol–water partition coefficient (Wildman–Crippen LogP) is 2.85. The zero-order valence-electron chi connectivity index (χ0n) is 18.9. The van der Waals surface area contributed by atoms with Gasteiger partial charge >= 0.3 is 5.97 Å². The van der Waals surface area contributed by atoms with Gasteiger partial charge in [-0.25, -0.2) is 22.3 Å². The van der Waals surface area contributed by atoms with Crippen LogP contribution in [0, 0.1) is 0 Å². The number of rotatable bonds is 11. The molecule has 1 heterocycles. The number of hydrogen-bond donors (Lipinski definition) is 0. The van der Waals surface area contributed by atoms with Crippen molar-refractivity contribution in [2.45, 2.75) is 44.2 Å². The Hall–Kier alpha value is -2.75. The Bertz CT molecular complexity index is 980. The monoisotopic (exact) mass is 464 g/mol. The van der Waals surface area contributed by atoms with Crippen molar-refractivity contribution >= 4 is 22.2 Å². The molecule has 32 heavy (non-hydrogen) atoms. The lowest BCUT2D eigenvalue weighted by molar-refractivity contribution is -0.671. The van der Waals surface area contributed by atoms with Crippen LogP contribution in [0.3, 0.4) is 0 Å². The average Bonchev–Trinajstić information content (AvgIpc) is 3.15. The molecule has 1 aromatic heterocycles. The molecule has 9 heteroatoms. The first-order chi connectivity index (χ1) is 15.1. The predicted molar refractivity (Wildman–Crippen MR) is 121 cm³/mol. The fourth-order valence-corrected chi connectivity index (χ4v) is 2.92. The second kappa shape index (κ2) is 13.6. The molecule has 0 aliphatic heterocycles. The molecule has 176 valence electrons. The molecule has 0 spiro atoms. The molecule has 0 radical (unpaired) electrons. The van der Waals surface area contributed by atoms with Crippen molar-refractivity contribution in [1.29, 1.82) is 0 Å². The van der Waals surface area contributed by atoms with E-state index >= 15 is 0 Å². The topological polar surface area (TPSA) is 102 Å². The van der Waals surface area contributed by atoms with Crippen LogP contribution in [0.5, 0.6) is 0 Å². The van der Waals surface area contributed by atoms with Crippen LogP contribution in [0.25, 0.3) is 6.08 Å². The quantitative estimate of drug-likeness (QED) is 0.167. The summed E-state index contributed by atoms with van der Waals surface area (Å²) >= 11 is 0. The number of imidazole rings is 1. The minimum Gasteiger partial charge on any atom is -0.744 e. The number of unbranched alkanes of at least 4 members (excludes halogenated alkanes) is 1. The molecule has 0 saturated carbocycles. The van der Waals surface area contributed by atoms with E-state index in [1.807, 2.05) is 34.9 Å². The Balaban J connectivity index is 0.000000363. The van der Waals surface area contributed by atoms with Crippen LogP contribution in [0.1, 0.15) is 32.3 Å². The number of carbonyl (C=O) groups excluding carboxylic acids is 1. The van der Waals surface area contributed by atoms with Gasteiger partial charge in [-0.1, -0.05) is 44.7 Å². The van der Waals surface area contributed by atoms with Crippen molar-refractivity contribution in [3.63, 3.8) is 0 Å². The van der Waals surface area contributed by atoms with E-state index in [1.54, 1.807) is 13.0 Å². The number of aromatic nitrogens is 2. The molecule has 2 aromatic rings. The molecule has 1 unspecified atom stereocenters. The van der Waals surface area contributed by atoms with Crippen molar-refractivity contribution < 1.29 is 31.8 Å². The molecule has 0 aliphatic carbocycles. The van der Waals surface area contributed by atoms with Crippen LogP contribution >= 0.6 is 0 Å². The van der Waals surface area contributed by atoms with Crippen LogP contribution in [0.2, 0.25) is 0 Å². The Morgan fingerprint density at radius 2 is 1.97 bits per heavy atom. The summed E-state index contributed by atoms with van der Waals surface area (Å²) in [6, 6.07) is 5.58. The highest BCUT2D eigenvalue weighted by molar-refractivity contribution is 7.85. The summed E-state index contributed by atoms with van der Waals surface area (Å²) in [5, 5.41) is 0. The number of benzene rings is 1. The minimum absolute atomic E-state index is 0.215. The lowest BCUT2D eigenvalue weighted by Gasteiger charge is -2.16. The second-order valence-corrected chi connectivity index (χ2v) is 8.62. The molecule has 8 nitrogen and oxygen atoms in total. The summed E-state index contributed by atoms with van der Waals surface area (Å²) in [6.45, 7) is 12.5. The van der Waals surface area contributed by atoms with Gasteiger partial charge in [0.05, 0.1) is 18.6 Å². The van der Waals surface area contributed by atoms with Gasteiger partial charge in [0.15, 0.2) is 6.10 Å². The van der Waals surface area contributed by atoms with Crippen molar-refractivity contribution in [2.75, 3.05) is 13.2 Å². The van der Waals surface area contributed by atoms with E-state index in [2.05, 4.69) is 20.1 Å². The summed E-state index contributed by atoms with van der Waals surface area (Å²) in [5.41, 5.74) is 1.18. The second-order valence-electron chi connectivity index (χ2n) is 7.24. The molecule has 1 aromatic carbocycles. The minimum atomic E-state index is -4.31. The van der Waals surface area contributed by atoms with E-state index in [0.717, 1.165) is 18.4 Å². The smallest absolute Gasteiger partial charge is 0.333 e. The number of ether oxygens (including phenoxy) is 2. The number of carbonyl (C=O) groups is 1. The van der Waals surface area contributed by atoms with Crippen LogP contribution in [-0.4, -0.2) is 42.8 Å². The summed E-state index contributed by atoms with van der Waals surface area (Å²) in [5.74, 6) is -0.370. The maximum absolute atomic E-state index is 11.6. The third-order valence-electron chi connectivity index (χ3n) is 4.21. The van der Waals surface area contributed by atoms with Gasteiger partial charge < -0.3 is 14.0 Å². The molecule has 0 aliphatic rings. The van der Waals surface area contributed by atoms with Gasteiger partial charge in [-0.15, -0.1) is 0 Å². The van der Waals surface area contributed by atoms with Gasteiger partial charge in [0, 0.05) is 12.2 Å². The highest BCUT2D eigenvalue weighted by atomic mass is 32.2. The fraction of sp³-hybridized carbons (Fsp3) is 0.391. The first-order valence-electron chi connectivity index (χ1n) is 10.2. The van der Waals surface area contributed by atoms with Gasteiger partial charge in [0.1, 0.15) is 29.1 Å². The van der Waals surface area contributed by atoms with Crippen molar-refractivity contribution in [2.24, 2.45) is 7.05 Å². The zero-order chi connectivity index (χ0) is 24.1. The normalized spacial score (nSPS) is 11.8. The third kappa shape index (κ3) is 10.5. The molecular weight excluding hydrogens is 432 g/mol. The third-order valence-corrected chi connectivity index (χ3v) is 5.06. The first-order valence-corrected chi connectivity index (χ1v) is 11.6. The van der Waals surface area contributed by atoms with Crippen molar-refractivity contribution in [3.8, 4) is 0 Å². The average molecular weight is 465 g/mol. The first kappa shape index (κ1) is 27.3. The highest BCUT2D eigenvalue weighted by Gasteiger charge is 2.18. The Kier molecular flexibility index (Phi) is 11.6. The van der Waals surface area contributed by atoms with E-state index in [0.29, 0.717) is 25.3 Å². The molecule has 0 saturated heterocycles. The number of nitrogens with zero attached hydrogens (tertiary/aromatic N) is 2. The van der Waals surface area contributed by atoms with Crippen LogP contribution in [-0.2, 0) is 38.0 Å². The maximum Gasteiger partial charge on any atom is 0.333 e. The van der Waals surface area contributed by atoms with E-state index < -0.39 is 10.1 Å². The Morgan fingerprint density at radius 3 is 2.44 bits per heavy atom. The van der Waals surface area contributed by atoms with E-state index in [1.165, 1.54) is 24.3 Å². The summed E-state index contributed by atoms with van der Waals surface area (Å²) in [4.78, 5) is 11.4. The SMILES string of the molecule is C=C(C)C(=O)OC(COCCCC)Cn1cc[n+](C)c1.C=Cc1ccc(S(=O)(=O)[O-])cc1. The van der Waals surface area contributed by atoms with Crippen molar-refractivity contribution in [3.05, 3.63) is 67.3 Å². The van der Waals surface area contributed by atoms with E-state index in [4.69, 9.17) is 9.47 Å². The van der Waals surface area contributed by atoms with Crippen LogP contribution in [0.4, 0.5) is 0 Å². The molecule has 2 rings (SSSR count). The number of aryl methyl sites for hydroxylation is 1. The largest absolute Gasteiger partial charge is 0.744 e. The molecule has 0 fully saturated rings. The molecule has 0 bridgehead atoms. The standard InChI is InChI=1S/C15H25N2O3.C8H8O3S/c1-5-6-9-19-11-14(20-15(18)13(2)3)10-17-8-7-16(4)12-17;1-2-7-3-5-8(6-4-7)12(9,10)11/h7-8,12,14H,2,5-6,9-11H2,1,3-4H3;2-6H,1H2,(H,9,10,11)/q+1;/p-1. The molecule has 1 atom stereocenters. The zero-order valence-corrected chi connectivity index (χ0v) is 19.7. The van der Waals surface area contributed by atoms with Gasteiger partial charge in [-0.05, 0) is 31.0 Å². The fourth-order valence-electron chi connectivity index (χ4n) is 2.45. The molecule has 0 N–H and O–H groups in total. The highest BCUT2D eigenvalue weighted by Crippen LogP contribution is 2.10. The van der Waals surface area contributed by atoms with Crippen LogP contribution < -0.4 is 4.57 Å². The van der Waals surface area contributed by atoms with E-state index in [-0.39, 0.29) is 17.0 Å². The lowest BCUT2D eigenvalue weighted by atomic mass is 10.2. The van der Waals surface area contributed by atoms with Crippen LogP contribution in [0.15, 0.2) is 66.6 Å². The lowest BCUT2D eigenvalue weighted by Crippen LogP contribution is -2.30. The number of hydrogen-bond acceptors (Lipinski definition) is 6. The van der Waals surface area contributed by atoms with Gasteiger partial charge in [-0.3, -0.25) is 0 Å². The van der Waals surface area contributed by atoms with E-state index in [9.17, 15) is 17.8 Å². The molecule has 0 amide bonds. The molecular formula is C23H32N2O6S. The summed E-state index contributed by atoms with van der Waals surface area (Å²) < 4.78 is 46.2. The summed E-state index contributed by atoms with van der Waals surface area (Å²) in [6.07, 6.45) is 9.19. The van der Waals surface area contributed by atoms with Crippen molar-refractivity contribution in [1.82, 2.24) is 4.57 Å². The summed E-state index contributed by atoms with van der Waals surface area (Å²) in [7, 11) is -2.36. The maximum atomic E-state index is 11.6. The van der Waals surface area contributed by atoms with Gasteiger partial charge in [0.25, 0.3) is 0 Å². The Labute approximate surface area is 190 Å². The van der Waals surface area contributed by atoms with Gasteiger partial charge in [-0.2, -0.15) is 0 Å². The van der Waals surface area contributed by atoms with Gasteiger partial charge in [0.2, 0.25) is 6.33 Å². The Morgan fingerprint density at radius 1 is 1.31 bits per heavy atom. The number of esters is 1.